The molecule has 1 heterocycles. The number of benzene rings is 3. The van der Waals surface area contributed by atoms with Crippen molar-refractivity contribution < 1.29 is 26.7 Å². The summed E-state index contributed by atoms with van der Waals surface area (Å²) in [6.07, 6.45) is 9.96. The molecule has 0 atom stereocenters. The van der Waals surface area contributed by atoms with E-state index in [1.165, 1.54) is 56.2 Å². The van der Waals surface area contributed by atoms with Gasteiger partial charge in [-0.3, -0.25) is 0 Å². The zero-order chi connectivity index (χ0) is 26.1. The van der Waals surface area contributed by atoms with Crippen LogP contribution in [0.4, 0.5) is 17.6 Å². The minimum Gasteiger partial charge on any atom is -0.491 e. The predicted molar refractivity (Wildman–Crippen MR) is 139 cm³/mol. The summed E-state index contributed by atoms with van der Waals surface area (Å²) in [7, 11) is 0. The normalized spacial score (nSPS) is 18.1. The van der Waals surface area contributed by atoms with E-state index < -0.39 is 34.0 Å². The first-order valence-electron chi connectivity index (χ1n) is 13.4. The Morgan fingerprint density at radius 1 is 0.784 bits per heavy atom. The summed E-state index contributed by atoms with van der Waals surface area (Å²) in [6.45, 7) is 3.98. The van der Waals surface area contributed by atoms with Crippen LogP contribution in [0.2, 0.25) is 0 Å². The molecule has 0 amide bonds. The number of ether oxygens (including phenoxy) is 1. The molecule has 5 rings (SSSR count). The van der Waals surface area contributed by atoms with Gasteiger partial charge in [0.25, 0.3) is 0 Å². The standard InChI is InChI=1S/C31H32F4O2/c1-3-5-6-7-18-8-10-19(11-9-18)20-12-14-21(15-13-20)22-16-23-26(30(34)28(22)32)27-24(37-23)17-25(36-4-2)29(33)31(27)35/h12-19H,3-11H2,1-2H3. The SMILES string of the molecule is CCCCCC1CCC(c2ccc(-c3cc4oc5cc(OCC)c(F)c(F)c5c4c(F)c3F)cc2)CC1. The average Bonchev–Trinajstić information content (AvgIpc) is 3.28. The fraction of sp³-hybridized carbons (Fsp3) is 0.419. The fourth-order valence-electron chi connectivity index (χ4n) is 5.80. The first-order chi connectivity index (χ1) is 17.9. The summed E-state index contributed by atoms with van der Waals surface area (Å²) < 4.78 is 70.4. The molecule has 0 radical (unpaired) electrons. The summed E-state index contributed by atoms with van der Waals surface area (Å²) in [5.41, 5.74) is 1.57. The maximum Gasteiger partial charge on any atom is 0.201 e. The molecule has 0 N–H and O–H groups in total. The van der Waals surface area contributed by atoms with Gasteiger partial charge >= 0.3 is 0 Å². The molecular weight excluding hydrogens is 480 g/mol. The van der Waals surface area contributed by atoms with Gasteiger partial charge in [-0.1, -0.05) is 56.9 Å². The predicted octanol–water partition coefficient (Wildman–Crippen LogP) is 10.1. The van der Waals surface area contributed by atoms with Crippen LogP contribution in [0.15, 0.2) is 40.8 Å². The molecule has 2 nitrogen and oxygen atoms in total. The Morgan fingerprint density at radius 3 is 2.08 bits per heavy atom. The monoisotopic (exact) mass is 512 g/mol. The fourth-order valence-corrected chi connectivity index (χ4v) is 5.80. The van der Waals surface area contributed by atoms with E-state index in [0.717, 1.165) is 18.8 Å². The van der Waals surface area contributed by atoms with E-state index in [4.69, 9.17) is 9.15 Å². The number of hydrogen-bond donors (Lipinski definition) is 0. The van der Waals surface area contributed by atoms with Crippen LogP contribution in [-0.4, -0.2) is 6.61 Å². The maximum absolute atomic E-state index is 15.2. The van der Waals surface area contributed by atoms with Crippen molar-refractivity contribution in [3.8, 4) is 16.9 Å². The van der Waals surface area contributed by atoms with Crippen LogP contribution < -0.4 is 4.74 Å². The van der Waals surface area contributed by atoms with Gasteiger partial charge in [-0.25, -0.2) is 13.2 Å². The molecule has 0 saturated heterocycles. The van der Waals surface area contributed by atoms with Crippen LogP contribution in [-0.2, 0) is 0 Å². The molecule has 196 valence electrons. The van der Waals surface area contributed by atoms with Gasteiger partial charge in [0.1, 0.15) is 11.2 Å². The third kappa shape index (κ3) is 4.83. The smallest absolute Gasteiger partial charge is 0.201 e. The number of fused-ring (bicyclic) bond motifs is 3. The van der Waals surface area contributed by atoms with Crippen LogP contribution in [0.1, 0.15) is 76.7 Å². The molecule has 3 aromatic carbocycles. The van der Waals surface area contributed by atoms with E-state index >= 15 is 8.78 Å². The zero-order valence-electron chi connectivity index (χ0n) is 21.3. The highest BCUT2D eigenvalue weighted by atomic mass is 19.2. The molecule has 1 aliphatic carbocycles. The topological polar surface area (TPSA) is 22.4 Å². The quantitative estimate of drug-likeness (QED) is 0.173. The molecule has 1 aromatic heterocycles. The summed E-state index contributed by atoms with van der Waals surface area (Å²) in [5.74, 6) is -4.01. The minimum atomic E-state index is -1.32. The molecule has 6 heteroatoms. The number of halogens is 4. The van der Waals surface area contributed by atoms with Crippen LogP contribution in [0, 0.1) is 29.2 Å². The largest absolute Gasteiger partial charge is 0.491 e. The summed E-state index contributed by atoms with van der Waals surface area (Å²) in [6, 6.07) is 10.1. The molecule has 4 aromatic rings. The molecule has 0 spiro atoms. The lowest BCUT2D eigenvalue weighted by Crippen LogP contribution is -2.13. The lowest BCUT2D eigenvalue weighted by atomic mass is 9.77. The van der Waals surface area contributed by atoms with Gasteiger partial charge in [-0.15, -0.1) is 0 Å². The van der Waals surface area contributed by atoms with Crippen LogP contribution in [0.5, 0.6) is 5.75 Å². The van der Waals surface area contributed by atoms with E-state index in [2.05, 4.69) is 6.92 Å². The van der Waals surface area contributed by atoms with Gasteiger partial charge in [-0.2, -0.15) is 4.39 Å². The molecule has 0 unspecified atom stereocenters. The molecular formula is C31H32F4O2. The van der Waals surface area contributed by atoms with Gasteiger partial charge in [0.2, 0.25) is 5.82 Å². The number of rotatable bonds is 8. The van der Waals surface area contributed by atoms with Crippen molar-refractivity contribution in [3.63, 3.8) is 0 Å². The highest BCUT2D eigenvalue weighted by Crippen LogP contribution is 2.42. The third-order valence-corrected chi connectivity index (χ3v) is 7.83. The van der Waals surface area contributed by atoms with Crippen molar-refractivity contribution in [1.82, 2.24) is 0 Å². The Morgan fingerprint density at radius 2 is 1.43 bits per heavy atom. The zero-order valence-corrected chi connectivity index (χ0v) is 21.3. The highest BCUT2D eigenvalue weighted by Gasteiger charge is 2.26. The Kier molecular flexibility index (Phi) is 7.45. The van der Waals surface area contributed by atoms with Crippen molar-refractivity contribution in [2.75, 3.05) is 6.61 Å². The Bertz CT molecular complexity index is 1400. The van der Waals surface area contributed by atoms with Crippen molar-refractivity contribution >= 4 is 21.9 Å². The number of unbranched alkanes of at least 4 members (excludes halogenated alkanes) is 2. The summed E-state index contributed by atoms with van der Waals surface area (Å²) in [4.78, 5) is 0. The first kappa shape index (κ1) is 25.6. The Hall–Kier alpha value is -3.02. The van der Waals surface area contributed by atoms with Gasteiger partial charge in [0.05, 0.1) is 17.4 Å². The van der Waals surface area contributed by atoms with Crippen LogP contribution in [0.3, 0.4) is 0 Å². The second-order valence-electron chi connectivity index (χ2n) is 10.2. The molecule has 0 aliphatic heterocycles. The van der Waals surface area contributed by atoms with Gasteiger partial charge in [0.15, 0.2) is 23.2 Å². The minimum absolute atomic E-state index is 0.0150. The first-order valence-corrected chi connectivity index (χ1v) is 13.4. The van der Waals surface area contributed by atoms with E-state index in [0.29, 0.717) is 11.5 Å². The lowest BCUT2D eigenvalue weighted by Gasteiger charge is -2.29. The Labute approximate surface area is 214 Å². The molecule has 1 fully saturated rings. The van der Waals surface area contributed by atoms with Gasteiger partial charge in [-0.05, 0) is 61.6 Å². The molecule has 1 saturated carbocycles. The number of furan rings is 1. The third-order valence-electron chi connectivity index (χ3n) is 7.83. The van der Waals surface area contributed by atoms with Crippen molar-refractivity contribution in [3.05, 3.63) is 65.2 Å². The molecule has 1 aliphatic rings. The van der Waals surface area contributed by atoms with Crippen molar-refractivity contribution in [1.29, 1.82) is 0 Å². The second-order valence-corrected chi connectivity index (χ2v) is 10.2. The van der Waals surface area contributed by atoms with Crippen LogP contribution >= 0.6 is 0 Å². The van der Waals surface area contributed by atoms with E-state index in [1.54, 1.807) is 19.1 Å². The van der Waals surface area contributed by atoms with Gasteiger partial charge < -0.3 is 9.15 Å². The van der Waals surface area contributed by atoms with E-state index in [9.17, 15) is 8.78 Å². The van der Waals surface area contributed by atoms with Crippen LogP contribution in [0.25, 0.3) is 33.1 Å². The summed E-state index contributed by atoms with van der Waals surface area (Å²) >= 11 is 0. The average molecular weight is 513 g/mol. The second kappa shape index (κ2) is 10.8. The molecule has 37 heavy (non-hydrogen) atoms. The number of hydrogen-bond acceptors (Lipinski definition) is 2. The van der Waals surface area contributed by atoms with E-state index in [1.807, 2.05) is 12.1 Å². The highest BCUT2D eigenvalue weighted by molar-refractivity contribution is 6.07. The van der Waals surface area contributed by atoms with Gasteiger partial charge in [0, 0.05) is 11.6 Å². The molecule has 0 bridgehead atoms. The lowest BCUT2D eigenvalue weighted by molar-refractivity contribution is 0.303. The van der Waals surface area contributed by atoms with Crippen molar-refractivity contribution in [2.45, 2.75) is 71.1 Å². The maximum atomic E-state index is 15.2. The summed E-state index contributed by atoms with van der Waals surface area (Å²) in [5, 5.41) is -0.845. The van der Waals surface area contributed by atoms with Crippen molar-refractivity contribution in [2.24, 2.45) is 5.92 Å². The Balaban J connectivity index is 1.42. The van der Waals surface area contributed by atoms with E-state index in [-0.39, 0.29) is 29.1 Å².